The minimum Gasteiger partial charge on any atom is -0.348 e. The number of halogens is 1. The first kappa shape index (κ1) is 11.9. The molecule has 0 bridgehead atoms. The number of hydrogen-bond acceptors (Lipinski definition) is 2. The van der Waals surface area contributed by atoms with E-state index in [2.05, 4.69) is 5.10 Å². The van der Waals surface area contributed by atoms with Crippen molar-refractivity contribution in [3.05, 3.63) is 51.2 Å². The van der Waals surface area contributed by atoms with Gasteiger partial charge in [0.2, 0.25) is 0 Å². The first-order valence-electron chi connectivity index (χ1n) is 5.49. The summed E-state index contributed by atoms with van der Waals surface area (Å²) in [4.78, 5) is 11.0. The van der Waals surface area contributed by atoms with Gasteiger partial charge in [0, 0.05) is 31.1 Å². The van der Waals surface area contributed by atoms with E-state index in [1.807, 2.05) is 23.1 Å². The molecule has 0 spiro atoms. The van der Waals surface area contributed by atoms with Gasteiger partial charge < -0.3 is 4.57 Å². The van der Waals surface area contributed by atoms with E-state index in [9.17, 15) is 4.79 Å². The number of pyridine rings is 1. The lowest BCUT2D eigenvalue weighted by molar-refractivity contribution is 0.596. The van der Waals surface area contributed by atoms with Gasteiger partial charge in [0.25, 0.3) is 0 Å². The van der Waals surface area contributed by atoms with E-state index < -0.39 is 0 Å². The Labute approximate surface area is 104 Å². The molecule has 2 aromatic rings. The van der Waals surface area contributed by atoms with Crippen LogP contribution in [0.2, 0.25) is 5.02 Å². The van der Waals surface area contributed by atoms with E-state index >= 15 is 0 Å². The van der Waals surface area contributed by atoms with Crippen molar-refractivity contribution in [2.75, 3.05) is 0 Å². The third-order valence-corrected chi connectivity index (χ3v) is 3.14. The van der Waals surface area contributed by atoms with Crippen molar-refractivity contribution in [1.82, 2.24) is 14.3 Å². The summed E-state index contributed by atoms with van der Waals surface area (Å²) in [5.74, 6) is 0. The van der Waals surface area contributed by atoms with Gasteiger partial charge in [-0.1, -0.05) is 11.6 Å². The van der Waals surface area contributed by atoms with Crippen LogP contribution >= 0.6 is 11.6 Å². The van der Waals surface area contributed by atoms with Crippen LogP contribution in [0, 0.1) is 6.92 Å². The molecule has 0 aliphatic carbocycles. The lowest BCUT2D eigenvalue weighted by Crippen LogP contribution is -2.10. The van der Waals surface area contributed by atoms with Gasteiger partial charge in [-0.05, 0) is 13.8 Å². The summed E-state index contributed by atoms with van der Waals surface area (Å²) in [6, 6.07) is 3.07. The monoisotopic (exact) mass is 251 g/mol. The number of rotatable bonds is 3. The normalized spacial score (nSPS) is 10.8. The molecule has 4 nitrogen and oxygen atoms in total. The van der Waals surface area contributed by atoms with E-state index in [1.54, 1.807) is 12.4 Å². The molecule has 5 heteroatoms. The zero-order valence-electron chi connectivity index (χ0n) is 9.85. The van der Waals surface area contributed by atoms with Crippen molar-refractivity contribution >= 4 is 11.6 Å². The van der Waals surface area contributed by atoms with Crippen molar-refractivity contribution in [2.24, 2.45) is 0 Å². The highest BCUT2D eigenvalue weighted by Crippen LogP contribution is 2.20. The molecule has 0 unspecified atom stereocenters. The molecule has 17 heavy (non-hydrogen) atoms. The van der Waals surface area contributed by atoms with Crippen molar-refractivity contribution in [2.45, 2.75) is 26.9 Å². The van der Waals surface area contributed by atoms with E-state index in [4.69, 9.17) is 11.6 Å². The second kappa shape index (κ2) is 4.75. The van der Waals surface area contributed by atoms with Gasteiger partial charge in [-0.25, -0.2) is 0 Å². The summed E-state index contributed by atoms with van der Waals surface area (Å²) in [5.41, 5.74) is 1.81. The van der Waals surface area contributed by atoms with Crippen LogP contribution in [0.15, 0.2) is 29.3 Å². The Morgan fingerprint density at radius 2 is 2.00 bits per heavy atom. The van der Waals surface area contributed by atoms with Gasteiger partial charge in [0.15, 0.2) is 5.43 Å². The van der Waals surface area contributed by atoms with Gasteiger partial charge in [0.05, 0.1) is 23.0 Å². The van der Waals surface area contributed by atoms with Gasteiger partial charge in [-0.3, -0.25) is 9.48 Å². The maximum absolute atomic E-state index is 11.0. The molecule has 90 valence electrons. The van der Waals surface area contributed by atoms with Gasteiger partial charge in [-0.15, -0.1) is 0 Å². The highest BCUT2D eigenvalue weighted by molar-refractivity contribution is 6.31. The molecule has 0 radical (unpaired) electrons. The Hall–Kier alpha value is -1.55. The van der Waals surface area contributed by atoms with Crippen LogP contribution in [0.4, 0.5) is 0 Å². The van der Waals surface area contributed by atoms with Crippen molar-refractivity contribution in [3.8, 4) is 0 Å². The summed E-state index contributed by atoms with van der Waals surface area (Å²) in [6.45, 7) is 5.32. The smallest absolute Gasteiger partial charge is 0.181 e. The highest BCUT2D eigenvalue weighted by Gasteiger charge is 2.12. The predicted octanol–water partition coefficient (Wildman–Crippen LogP) is 2.07. The van der Waals surface area contributed by atoms with E-state index in [1.165, 1.54) is 12.1 Å². The van der Waals surface area contributed by atoms with Crippen LogP contribution in [0.5, 0.6) is 0 Å². The topological polar surface area (TPSA) is 39.8 Å². The molecule has 0 saturated carbocycles. The Morgan fingerprint density at radius 1 is 1.35 bits per heavy atom. The molecule has 0 aliphatic rings. The number of aryl methyl sites for hydroxylation is 2. The zero-order chi connectivity index (χ0) is 12.4. The maximum atomic E-state index is 11.0. The molecule has 2 heterocycles. The zero-order valence-corrected chi connectivity index (χ0v) is 10.6. The van der Waals surface area contributed by atoms with E-state index in [0.29, 0.717) is 11.6 Å². The number of hydrogen-bond donors (Lipinski definition) is 0. The summed E-state index contributed by atoms with van der Waals surface area (Å²) in [6.07, 6.45) is 3.50. The fourth-order valence-electron chi connectivity index (χ4n) is 1.74. The van der Waals surface area contributed by atoms with E-state index in [-0.39, 0.29) is 5.43 Å². The number of aromatic nitrogens is 3. The maximum Gasteiger partial charge on any atom is 0.181 e. The molecule has 0 aliphatic heterocycles. The lowest BCUT2D eigenvalue weighted by Gasteiger charge is -2.08. The fraction of sp³-hybridized carbons (Fsp3) is 0.333. The third-order valence-electron chi connectivity index (χ3n) is 2.65. The molecule has 0 saturated heterocycles. The third kappa shape index (κ3) is 2.42. The predicted molar refractivity (Wildman–Crippen MR) is 67.5 cm³/mol. The molecule has 2 aromatic heterocycles. The Kier molecular flexibility index (Phi) is 3.33. The molecule has 0 aromatic carbocycles. The SMILES string of the molecule is CCn1nc(C)c(Cl)c1Cn1ccc(=O)cc1. The molecule has 0 N–H and O–H groups in total. The average molecular weight is 252 g/mol. The van der Waals surface area contributed by atoms with Crippen LogP contribution in [0.25, 0.3) is 0 Å². The molecular formula is C12H14ClN3O. The lowest BCUT2D eigenvalue weighted by atomic mass is 10.3. The van der Waals surface area contributed by atoms with Crippen LogP contribution in [0.1, 0.15) is 18.3 Å². The minimum absolute atomic E-state index is 0.00697. The minimum atomic E-state index is 0.00697. The Balaban J connectivity index is 2.35. The van der Waals surface area contributed by atoms with Crippen molar-refractivity contribution < 1.29 is 0 Å². The quantitative estimate of drug-likeness (QED) is 0.838. The summed E-state index contributed by atoms with van der Waals surface area (Å²) in [5, 5.41) is 5.05. The van der Waals surface area contributed by atoms with Gasteiger partial charge >= 0.3 is 0 Å². The summed E-state index contributed by atoms with van der Waals surface area (Å²) in [7, 11) is 0. The second-order valence-electron chi connectivity index (χ2n) is 3.87. The fourth-order valence-corrected chi connectivity index (χ4v) is 1.94. The van der Waals surface area contributed by atoms with Crippen LogP contribution < -0.4 is 5.43 Å². The van der Waals surface area contributed by atoms with Gasteiger partial charge in [0.1, 0.15) is 0 Å². The Bertz CT molecular complexity index is 565. The van der Waals surface area contributed by atoms with Crippen molar-refractivity contribution in [1.29, 1.82) is 0 Å². The standard InChI is InChI=1S/C12H14ClN3O/c1-3-16-11(12(13)9(2)14-16)8-15-6-4-10(17)5-7-15/h4-7H,3,8H2,1-2H3. The van der Waals surface area contributed by atoms with Gasteiger partial charge in [-0.2, -0.15) is 5.10 Å². The van der Waals surface area contributed by atoms with Crippen LogP contribution in [-0.4, -0.2) is 14.3 Å². The largest absolute Gasteiger partial charge is 0.348 e. The molecule has 2 rings (SSSR count). The first-order chi connectivity index (χ1) is 8.11. The van der Waals surface area contributed by atoms with E-state index in [0.717, 1.165) is 17.9 Å². The molecular weight excluding hydrogens is 238 g/mol. The second-order valence-corrected chi connectivity index (χ2v) is 4.25. The first-order valence-corrected chi connectivity index (χ1v) is 5.87. The molecule has 0 fully saturated rings. The average Bonchev–Trinajstić information content (AvgIpc) is 2.59. The number of nitrogens with zero attached hydrogens (tertiary/aromatic N) is 3. The molecule has 0 atom stereocenters. The van der Waals surface area contributed by atoms with Crippen LogP contribution in [0.3, 0.4) is 0 Å². The highest BCUT2D eigenvalue weighted by atomic mass is 35.5. The Morgan fingerprint density at radius 3 is 2.59 bits per heavy atom. The summed E-state index contributed by atoms with van der Waals surface area (Å²) < 4.78 is 3.80. The summed E-state index contributed by atoms with van der Waals surface area (Å²) >= 11 is 6.22. The van der Waals surface area contributed by atoms with Crippen LogP contribution in [-0.2, 0) is 13.1 Å². The van der Waals surface area contributed by atoms with Crippen molar-refractivity contribution in [3.63, 3.8) is 0 Å². The molecule has 0 amide bonds.